The van der Waals surface area contributed by atoms with Crippen LogP contribution in [0.3, 0.4) is 0 Å². The molecule has 0 bridgehead atoms. The number of H-pyrrole nitrogens is 2. The van der Waals surface area contributed by atoms with Crippen molar-refractivity contribution < 1.29 is 107 Å². The molecule has 3 aromatic carbocycles. The molecule has 0 aliphatic carbocycles. The lowest BCUT2D eigenvalue weighted by Gasteiger charge is -2.36. The molecule has 3 fully saturated rings. The van der Waals surface area contributed by atoms with Crippen molar-refractivity contribution in [1.29, 1.82) is 5.41 Å². The molecule has 3 aliphatic heterocycles. The van der Waals surface area contributed by atoms with Crippen LogP contribution in [0.2, 0.25) is 0 Å². The lowest BCUT2D eigenvalue weighted by molar-refractivity contribution is -0.149. The van der Waals surface area contributed by atoms with Crippen molar-refractivity contribution in [3.8, 4) is 5.75 Å². The molecule has 9 rings (SSSR count). The highest BCUT2D eigenvalue weighted by atomic mass is 32.2. The van der Waals surface area contributed by atoms with Gasteiger partial charge >= 0.3 is 11.9 Å². The third-order valence-corrected chi connectivity index (χ3v) is 26.8. The van der Waals surface area contributed by atoms with Gasteiger partial charge in [-0.1, -0.05) is 88.1 Å². The Morgan fingerprint density at radius 3 is 1.73 bits per heavy atom. The predicted molar refractivity (Wildman–Crippen MR) is 529 cm³/mol. The van der Waals surface area contributed by atoms with E-state index in [2.05, 4.69) is 73.4 Å². The molecule has 26 N–H and O–H groups in total. The van der Waals surface area contributed by atoms with Crippen molar-refractivity contribution in [1.82, 2.24) is 103 Å². The number of carboxylic acid groups (broad SMARTS) is 2. The Labute approximate surface area is 836 Å². The van der Waals surface area contributed by atoms with E-state index in [1.54, 1.807) is 54.7 Å². The molecule has 48 heteroatoms. The second-order valence-corrected chi connectivity index (χ2v) is 37.5. The number of nitrogens with one attached hydrogen (secondary N) is 14. The Morgan fingerprint density at radius 2 is 1.09 bits per heavy atom. The Kier molecular flexibility index (Phi) is 43.6. The molecule has 3 aromatic heterocycles. The van der Waals surface area contributed by atoms with E-state index >= 15 is 43.2 Å². The number of carboxylic acids is 2. The average molecular weight is 2030 g/mol. The van der Waals surface area contributed by atoms with Crippen molar-refractivity contribution in [2.45, 2.75) is 259 Å². The summed E-state index contributed by atoms with van der Waals surface area (Å²) in [5, 5.41) is 80.7. The minimum absolute atomic E-state index is 0.00929. The number of para-hydroxylation sites is 2. The number of aromatic amines is 2. The van der Waals surface area contributed by atoms with Gasteiger partial charge in [0.25, 0.3) is 0 Å². The molecule has 47 nitrogen and oxygen atoms in total. The number of fused-ring (bicyclic) bond motifs is 4. The van der Waals surface area contributed by atoms with E-state index in [4.69, 9.17) is 28.3 Å². The molecule has 784 valence electrons. The fourth-order valence-electron chi connectivity index (χ4n) is 17.8. The summed E-state index contributed by atoms with van der Waals surface area (Å²) in [6, 6.07) is -3.01. The number of nitrogens with two attached hydrogens (primary N) is 4. The van der Waals surface area contributed by atoms with Gasteiger partial charge in [-0.3, -0.25) is 91.7 Å². The molecule has 144 heavy (non-hydrogen) atoms. The Bertz CT molecular complexity index is 5510. The van der Waals surface area contributed by atoms with Crippen LogP contribution in [-0.4, -0.2) is 339 Å². The molecule has 6 aromatic rings. The topological polar surface area (TPSA) is 714 Å². The lowest BCUT2D eigenvalue weighted by Crippen LogP contribution is -2.61. The van der Waals surface area contributed by atoms with E-state index in [1.165, 1.54) is 75.6 Å². The summed E-state index contributed by atoms with van der Waals surface area (Å²) in [5.74, 6) is -19.8. The SMILES string of the molecule is CCCC[C@H]1C(=O)N(C)[C@@H](CCCC)C(=O)N[C@@H](CCCNC(=N)N)C(=O)N[C@H](C(=O)NCC(N)=O)CSCC(=O)N[C@@H](Cc2ccc(O)cc2)C(=O)N(C)[C@@H](C)C(=O)N[C@@H](CC(=O)O)C(=O)N2CCC[C@H]2C(=O)N[C@@H](Cc2cnc[nH]2)C(=O)N[C@@H](CCCCN)C(=O)N2C[C@H](O)C[C@H]2C(=O)N[C@@H](Cc2c[nH]c3ccccc23)C(=O)N[C@@H](CCCCN)C(=O)N[C@@H](Cc2cn(CC(=O)O)c3ccccc23)C(=O)N1C. The standard InChI is InChI=1S/C96H137N25O22S/c1-7-9-27-74-88(136)109-65(26-19-37-103-96(100)101)85(133)115-72(83(131)105-47-78(99)124)51-144-52-79(125)107-69(39-55-31-33-59(122)34-32-55)91(139)116(4)54(3)82(130)113-71(44-80(126)127)94(142)120-38-20-30-75(120)89(137)112-68(42-58-46-102-53-106-58)87(135)110-66(25-16-18-36-98)93(141)121-49-60(123)43-77(121)90(138)111-67(40-56-45-104-63-23-13-11-21-61(56)63)86(134)108-64(24-15-17-35-97)84(132)114-70(92(140)118(6)76(28-10-8-2)95(143)117(74)5)41-57-48-119(50-81(128)129)73-29-14-12-22-62(57)73/h11-14,21-23,29,31-34,45-46,48,53-54,60,64-72,74-77,104,122-123H,7-10,15-20,24-28,30,35-44,47,49-52,97-98H2,1-6H3,(H2,99,124)(H,102,106)(H,105,131)(H,107,125)(H,108,134)(H,109,136)(H,110,135)(H,111,138)(H,112,137)(H,113,130)(H,114,132)(H,115,133)(H,126,127)(H,128,129)(H4,100,101,103)/t54-,60+,64-,65-,66-,67-,68-,69-,70-,71-,72-,74-,75-,76-,77-/m0/s1. The molecule has 6 heterocycles. The monoisotopic (exact) mass is 2020 g/mol. The van der Waals surface area contributed by atoms with Crippen LogP contribution in [0.4, 0.5) is 0 Å². The molecule has 0 spiro atoms. The van der Waals surface area contributed by atoms with Crippen LogP contribution in [0, 0.1) is 5.41 Å². The molecule has 0 unspecified atom stereocenters. The third kappa shape index (κ3) is 32.4. The van der Waals surface area contributed by atoms with Crippen LogP contribution >= 0.6 is 11.8 Å². The van der Waals surface area contributed by atoms with E-state index in [-0.39, 0.29) is 134 Å². The number of phenols is 1. The molecule has 3 saturated heterocycles. The number of nitrogens with zero attached hydrogens (tertiary/aromatic N) is 7. The number of likely N-dealkylation sites (N-methyl/N-ethyl adjacent to an activating group) is 3. The van der Waals surface area contributed by atoms with Gasteiger partial charge in [0.05, 0.1) is 31.1 Å². The van der Waals surface area contributed by atoms with Crippen LogP contribution in [0.1, 0.15) is 159 Å². The number of primary amides is 1. The number of hydrogen-bond donors (Lipinski definition) is 22. The smallest absolute Gasteiger partial charge is 0.323 e. The van der Waals surface area contributed by atoms with Crippen LogP contribution < -0.4 is 81.4 Å². The Balaban J connectivity index is 1.14. The number of thioether (sulfide) groups is 1. The maximum atomic E-state index is 16.2. The van der Waals surface area contributed by atoms with Gasteiger partial charge in [0.2, 0.25) is 94.5 Å². The number of aromatic hydroxyl groups is 1. The number of phenolic OH excluding ortho intramolecular Hbond substituents is 1. The number of rotatable bonds is 33. The van der Waals surface area contributed by atoms with E-state index in [9.17, 15) is 63.6 Å². The van der Waals surface area contributed by atoms with Crippen molar-refractivity contribution in [3.63, 3.8) is 0 Å². The fourth-order valence-corrected chi connectivity index (χ4v) is 18.7. The summed E-state index contributed by atoms with van der Waals surface area (Å²) in [4.78, 5) is 281. The van der Waals surface area contributed by atoms with Crippen LogP contribution in [0.25, 0.3) is 21.8 Å². The lowest BCUT2D eigenvalue weighted by atomic mass is 9.99. The molecule has 0 saturated carbocycles. The summed E-state index contributed by atoms with van der Waals surface area (Å²) < 4.78 is 1.44. The van der Waals surface area contributed by atoms with E-state index in [0.717, 1.165) is 36.3 Å². The highest BCUT2D eigenvalue weighted by Gasteiger charge is 2.47. The number of carbonyl (C=O) groups is 18. The molecular formula is C96H137N25O22S. The number of amides is 16. The van der Waals surface area contributed by atoms with Gasteiger partial charge in [-0.2, -0.15) is 0 Å². The third-order valence-electron chi connectivity index (χ3n) is 25.8. The Hall–Kier alpha value is -14.3. The van der Waals surface area contributed by atoms with Crippen LogP contribution in [0.5, 0.6) is 5.75 Å². The molecular weight excluding hydrogens is 1890 g/mol. The average Bonchev–Trinajstić information content (AvgIpc) is 1.60. The molecule has 16 amide bonds. The van der Waals surface area contributed by atoms with Crippen molar-refractivity contribution >= 4 is 146 Å². The first-order valence-corrected chi connectivity index (χ1v) is 49.6. The quantitative estimate of drug-likeness (QED) is 0.0115. The predicted octanol–water partition coefficient (Wildman–Crippen LogP) is -2.55. The number of hydrogen-bond acceptors (Lipinski definition) is 25. The minimum atomic E-state index is -1.92. The number of imidazole rings is 1. The van der Waals surface area contributed by atoms with Gasteiger partial charge in [0.15, 0.2) is 5.96 Å². The normalized spacial score (nSPS) is 23.9. The van der Waals surface area contributed by atoms with E-state index < -0.39 is 247 Å². The van der Waals surface area contributed by atoms with Crippen molar-refractivity contribution in [2.24, 2.45) is 22.9 Å². The highest BCUT2D eigenvalue weighted by Crippen LogP contribution is 2.29. The number of carbonyl (C=O) groups excluding carboxylic acids is 16. The summed E-state index contributed by atoms with van der Waals surface area (Å²) in [6.45, 7) is 3.13. The van der Waals surface area contributed by atoms with Gasteiger partial charge in [-0.15, -0.1) is 11.8 Å². The number of aliphatic carboxylic acids is 2. The van der Waals surface area contributed by atoms with Crippen LogP contribution in [-0.2, 0) is 119 Å². The summed E-state index contributed by atoms with van der Waals surface area (Å²) in [6.07, 6.45) is 3.48. The molecule has 3 aliphatic rings. The van der Waals surface area contributed by atoms with Gasteiger partial charge in [0, 0.05) is 125 Å². The zero-order valence-corrected chi connectivity index (χ0v) is 82.6. The number of guanidine groups is 1. The summed E-state index contributed by atoms with van der Waals surface area (Å²) in [5.41, 5.74) is 25.7. The second kappa shape index (κ2) is 55.4. The minimum Gasteiger partial charge on any atom is -0.508 e. The highest BCUT2D eigenvalue weighted by molar-refractivity contribution is 8.00. The van der Waals surface area contributed by atoms with Gasteiger partial charge in [-0.05, 0) is 138 Å². The molecule has 15 atom stereocenters. The van der Waals surface area contributed by atoms with Crippen LogP contribution in [0.15, 0.2) is 97.7 Å². The largest absolute Gasteiger partial charge is 0.508 e. The number of unbranched alkanes of at least 4 members (excludes halogenated alkanes) is 4. The van der Waals surface area contributed by atoms with Gasteiger partial charge < -0.3 is 141 Å². The first-order valence-electron chi connectivity index (χ1n) is 48.5. The summed E-state index contributed by atoms with van der Waals surface area (Å²) >= 11 is 0.740. The first kappa shape index (κ1) is 113. The van der Waals surface area contributed by atoms with Crippen molar-refractivity contribution in [2.75, 3.05) is 71.9 Å². The van der Waals surface area contributed by atoms with E-state index in [0.29, 0.717) is 70.6 Å². The maximum absolute atomic E-state index is 16.2. The summed E-state index contributed by atoms with van der Waals surface area (Å²) in [7, 11) is 3.84. The van der Waals surface area contributed by atoms with Gasteiger partial charge in [0.1, 0.15) is 96.9 Å². The van der Waals surface area contributed by atoms with Gasteiger partial charge in [-0.25, -0.2) is 4.98 Å². The van der Waals surface area contributed by atoms with E-state index in [1.807, 2.05) is 13.8 Å². The number of aliphatic hydroxyl groups is 1. The fraction of sp³-hybridized carbons (Fsp3) is 0.542. The Morgan fingerprint density at radius 1 is 0.535 bits per heavy atom. The second-order valence-electron chi connectivity index (χ2n) is 36.5. The maximum Gasteiger partial charge on any atom is 0.323 e. The zero-order chi connectivity index (χ0) is 105. The molecule has 0 radical (unpaired) electrons. The number of aromatic nitrogens is 4. The zero-order valence-electron chi connectivity index (χ0n) is 81.8. The number of aliphatic hydroxyl groups excluding tert-OH is 1. The first-order chi connectivity index (χ1) is 68.7. The van der Waals surface area contributed by atoms with Crippen molar-refractivity contribution in [3.05, 3.63) is 120 Å². The number of benzene rings is 3.